The van der Waals surface area contributed by atoms with Crippen molar-refractivity contribution in [3.05, 3.63) is 47.7 Å². The molecule has 1 unspecified atom stereocenters. The highest BCUT2D eigenvalue weighted by Crippen LogP contribution is 2.22. The zero-order chi connectivity index (χ0) is 13.1. The zero-order valence-corrected chi connectivity index (χ0v) is 11.4. The van der Waals surface area contributed by atoms with Crippen molar-refractivity contribution in [2.45, 2.75) is 19.9 Å². The van der Waals surface area contributed by atoms with Gasteiger partial charge in [-0.1, -0.05) is 24.3 Å². The lowest BCUT2D eigenvalue weighted by molar-refractivity contribution is 0.321. The van der Waals surface area contributed by atoms with E-state index in [0.29, 0.717) is 6.04 Å². The lowest BCUT2D eigenvalue weighted by atomic mass is 10.0. The molecular weight excluding hydrogens is 222 g/mol. The molecule has 94 valence electrons. The zero-order valence-electron chi connectivity index (χ0n) is 11.4. The first-order valence-electron chi connectivity index (χ1n) is 6.15. The van der Waals surface area contributed by atoms with Gasteiger partial charge in [0.15, 0.2) is 0 Å². The maximum absolute atomic E-state index is 4.20. The van der Waals surface area contributed by atoms with Gasteiger partial charge in [-0.05, 0) is 45.6 Å². The first-order chi connectivity index (χ1) is 8.58. The summed E-state index contributed by atoms with van der Waals surface area (Å²) in [5, 5.41) is 8.28. The van der Waals surface area contributed by atoms with Crippen LogP contribution < -0.4 is 0 Å². The van der Waals surface area contributed by atoms with E-state index in [4.69, 9.17) is 0 Å². The average molecular weight is 241 g/mol. The fourth-order valence-corrected chi connectivity index (χ4v) is 1.78. The average Bonchev–Trinajstić information content (AvgIpc) is 2.39. The van der Waals surface area contributed by atoms with Crippen LogP contribution in [0.5, 0.6) is 0 Å². The molecule has 3 nitrogen and oxygen atoms in total. The molecule has 1 atom stereocenters. The SMILES string of the molecule is Cc1ccc(-c2ccc(C(C)N(C)C)cc2)nn1. The van der Waals surface area contributed by atoms with Crippen molar-refractivity contribution in [2.24, 2.45) is 0 Å². The van der Waals surface area contributed by atoms with Crippen LogP contribution in [-0.4, -0.2) is 29.2 Å². The summed E-state index contributed by atoms with van der Waals surface area (Å²) in [4.78, 5) is 2.20. The van der Waals surface area contributed by atoms with Crippen molar-refractivity contribution < 1.29 is 0 Å². The maximum Gasteiger partial charge on any atom is 0.0929 e. The van der Waals surface area contributed by atoms with Crippen molar-refractivity contribution in [3.63, 3.8) is 0 Å². The van der Waals surface area contributed by atoms with Gasteiger partial charge in [0.05, 0.1) is 11.4 Å². The van der Waals surface area contributed by atoms with Crippen LogP contribution in [0.3, 0.4) is 0 Å². The van der Waals surface area contributed by atoms with Crippen LogP contribution >= 0.6 is 0 Å². The first kappa shape index (κ1) is 12.7. The normalized spacial score (nSPS) is 12.7. The van der Waals surface area contributed by atoms with E-state index in [0.717, 1.165) is 17.0 Å². The summed E-state index contributed by atoms with van der Waals surface area (Å²) in [5.41, 5.74) is 4.28. The standard InChI is InChI=1S/C15H19N3/c1-11-5-10-15(17-16-11)14-8-6-13(7-9-14)12(2)18(3)4/h5-10,12H,1-4H3. The molecule has 0 radical (unpaired) electrons. The molecule has 3 heteroatoms. The molecule has 1 aromatic carbocycles. The molecule has 18 heavy (non-hydrogen) atoms. The smallest absolute Gasteiger partial charge is 0.0929 e. The van der Waals surface area contributed by atoms with Crippen molar-refractivity contribution >= 4 is 0 Å². The number of benzene rings is 1. The Morgan fingerprint density at radius 3 is 2.11 bits per heavy atom. The topological polar surface area (TPSA) is 29.0 Å². The second kappa shape index (κ2) is 5.27. The number of nitrogens with zero attached hydrogens (tertiary/aromatic N) is 3. The Balaban J connectivity index is 2.24. The highest BCUT2D eigenvalue weighted by atomic mass is 15.1. The Bertz CT molecular complexity index is 500. The summed E-state index contributed by atoms with van der Waals surface area (Å²) in [6.07, 6.45) is 0. The Morgan fingerprint density at radius 1 is 0.944 bits per heavy atom. The molecule has 0 saturated carbocycles. The fraction of sp³-hybridized carbons (Fsp3) is 0.333. The molecule has 0 bridgehead atoms. The van der Waals surface area contributed by atoms with E-state index in [1.54, 1.807) is 0 Å². The van der Waals surface area contributed by atoms with Crippen LogP contribution in [0.4, 0.5) is 0 Å². The number of rotatable bonds is 3. The highest BCUT2D eigenvalue weighted by molar-refractivity contribution is 5.58. The van der Waals surface area contributed by atoms with Gasteiger partial charge >= 0.3 is 0 Å². The molecule has 0 aliphatic rings. The number of aromatic nitrogens is 2. The third-order valence-electron chi connectivity index (χ3n) is 3.26. The Morgan fingerprint density at radius 2 is 1.61 bits per heavy atom. The van der Waals surface area contributed by atoms with E-state index in [1.807, 2.05) is 19.1 Å². The summed E-state index contributed by atoms with van der Waals surface area (Å²) < 4.78 is 0. The lowest BCUT2D eigenvalue weighted by Gasteiger charge is -2.20. The molecule has 2 rings (SSSR count). The van der Waals surface area contributed by atoms with E-state index in [1.165, 1.54) is 5.56 Å². The third kappa shape index (κ3) is 2.74. The molecule has 2 aromatic rings. The van der Waals surface area contributed by atoms with Gasteiger partial charge in [-0.15, -0.1) is 0 Å². The summed E-state index contributed by atoms with van der Waals surface area (Å²) in [6, 6.07) is 12.9. The molecular formula is C15H19N3. The van der Waals surface area contributed by atoms with Gasteiger partial charge in [-0.3, -0.25) is 0 Å². The van der Waals surface area contributed by atoms with Gasteiger partial charge in [0.25, 0.3) is 0 Å². The molecule has 0 spiro atoms. The van der Waals surface area contributed by atoms with E-state index < -0.39 is 0 Å². The fourth-order valence-electron chi connectivity index (χ4n) is 1.78. The highest BCUT2D eigenvalue weighted by Gasteiger charge is 2.07. The summed E-state index contributed by atoms with van der Waals surface area (Å²) in [6.45, 7) is 4.14. The monoisotopic (exact) mass is 241 g/mol. The van der Waals surface area contributed by atoms with Gasteiger partial charge in [0, 0.05) is 11.6 Å². The van der Waals surface area contributed by atoms with Gasteiger partial charge in [-0.2, -0.15) is 10.2 Å². The second-order valence-corrected chi connectivity index (χ2v) is 4.82. The Labute approximate surface area is 108 Å². The number of hydrogen-bond acceptors (Lipinski definition) is 3. The molecule has 1 heterocycles. The first-order valence-corrected chi connectivity index (χ1v) is 6.15. The van der Waals surface area contributed by atoms with Crippen molar-refractivity contribution in [1.29, 1.82) is 0 Å². The summed E-state index contributed by atoms with van der Waals surface area (Å²) in [5.74, 6) is 0. The second-order valence-electron chi connectivity index (χ2n) is 4.82. The van der Waals surface area contributed by atoms with Crippen molar-refractivity contribution in [2.75, 3.05) is 14.1 Å². The Kier molecular flexibility index (Phi) is 3.72. The molecule has 0 fully saturated rings. The van der Waals surface area contributed by atoms with Crippen LogP contribution in [0, 0.1) is 6.92 Å². The molecule has 0 N–H and O–H groups in total. The number of aryl methyl sites for hydroxylation is 1. The van der Waals surface area contributed by atoms with E-state index >= 15 is 0 Å². The van der Waals surface area contributed by atoms with Crippen LogP contribution in [0.15, 0.2) is 36.4 Å². The summed E-state index contributed by atoms with van der Waals surface area (Å²) >= 11 is 0. The largest absolute Gasteiger partial charge is 0.303 e. The summed E-state index contributed by atoms with van der Waals surface area (Å²) in [7, 11) is 4.17. The van der Waals surface area contributed by atoms with E-state index in [9.17, 15) is 0 Å². The van der Waals surface area contributed by atoms with E-state index in [2.05, 4.69) is 60.4 Å². The van der Waals surface area contributed by atoms with Gasteiger partial charge in [-0.25, -0.2) is 0 Å². The van der Waals surface area contributed by atoms with Crippen LogP contribution in [-0.2, 0) is 0 Å². The van der Waals surface area contributed by atoms with Crippen molar-refractivity contribution in [1.82, 2.24) is 15.1 Å². The van der Waals surface area contributed by atoms with Crippen LogP contribution in [0.25, 0.3) is 11.3 Å². The predicted octanol–water partition coefficient (Wildman–Crippen LogP) is 3.07. The number of hydrogen-bond donors (Lipinski definition) is 0. The molecule has 0 aliphatic heterocycles. The van der Waals surface area contributed by atoms with Crippen LogP contribution in [0.2, 0.25) is 0 Å². The minimum atomic E-state index is 0.420. The van der Waals surface area contributed by atoms with Gasteiger partial charge in [0.2, 0.25) is 0 Å². The van der Waals surface area contributed by atoms with Gasteiger partial charge < -0.3 is 4.90 Å². The molecule has 0 saturated heterocycles. The molecule has 0 amide bonds. The molecule has 0 aliphatic carbocycles. The molecule has 1 aromatic heterocycles. The third-order valence-corrected chi connectivity index (χ3v) is 3.26. The van der Waals surface area contributed by atoms with E-state index in [-0.39, 0.29) is 0 Å². The maximum atomic E-state index is 4.20. The van der Waals surface area contributed by atoms with Crippen molar-refractivity contribution in [3.8, 4) is 11.3 Å². The quantitative estimate of drug-likeness (QED) is 0.827. The van der Waals surface area contributed by atoms with Gasteiger partial charge in [0.1, 0.15) is 0 Å². The predicted molar refractivity (Wildman–Crippen MR) is 74.3 cm³/mol. The lowest BCUT2D eigenvalue weighted by Crippen LogP contribution is -2.16. The Hall–Kier alpha value is -1.74. The minimum Gasteiger partial charge on any atom is -0.303 e. The minimum absolute atomic E-state index is 0.420. The van der Waals surface area contributed by atoms with Crippen LogP contribution in [0.1, 0.15) is 24.2 Å².